The van der Waals surface area contributed by atoms with Gasteiger partial charge in [0.05, 0.1) is 31.0 Å². The van der Waals surface area contributed by atoms with E-state index in [2.05, 4.69) is 4.98 Å². The average Bonchev–Trinajstić information content (AvgIpc) is 3.34. The van der Waals surface area contributed by atoms with Crippen LogP contribution in [0.2, 0.25) is 0 Å². The Morgan fingerprint density at radius 2 is 2.19 bits per heavy atom. The molecule has 3 aliphatic rings. The molecular formula is C20H28N4O3. The molecule has 2 bridgehead atoms. The van der Waals surface area contributed by atoms with E-state index in [0.29, 0.717) is 13.1 Å². The molecule has 2 amide bonds. The molecule has 1 aromatic heterocycles. The molecule has 0 unspecified atom stereocenters. The summed E-state index contributed by atoms with van der Waals surface area (Å²) in [5, 5.41) is 0. The van der Waals surface area contributed by atoms with Gasteiger partial charge >= 0.3 is 0 Å². The quantitative estimate of drug-likeness (QED) is 0.750. The molecule has 4 rings (SSSR count). The maximum absolute atomic E-state index is 13.3. The molecule has 146 valence electrons. The van der Waals surface area contributed by atoms with Crippen molar-refractivity contribution in [3.05, 3.63) is 30.4 Å². The highest BCUT2D eigenvalue weighted by Gasteiger charge is 2.68. The van der Waals surface area contributed by atoms with Crippen LogP contribution in [0.1, 0.15) is 33.5 Å². The molecule has 1 aromatic rings. The number of aromatic nitrogens is 2. The number of carbonyl (C=O) groups excluding carboxylic acids is 2. The Bertz CT molecular complexity index is 808. The van der Waals surface area contributed by atoms with Crippen molar-refractivity contribution in [2.75, 3.05) is 13.6 Å². The highest BCUT2D eigenvalue weighted by Crippen LogP contribution is 2.53. The van der Waals surface area contributed by atoms with Gasteiger partial charge in [0.1, 0.15) is 11.4 Å². The number of nitrogens with zero attached hydrogens (tertiary/aromatic N) is 4. The Hall–Kier alpha value is -2.15. The summed E-state index contributed by atoms with van der Waals surface area (Å²) in [5.74, 6) is -0.0867. The van der Waals surface area contributed by atoms with Crippen LogP contribution >= 0.6 is 0 Å². The summed E-state index contributed by atoms with van der Waals surface area (Å²) in [5.41, 5.74) is -0.949. The van der Waals surface area contributed by atoms with Gasteiger partial charge in [0, 0.05) is 31.5 Å². The topological polar surface area (TPSA) is 67.7 Å². The first kappa shape index (κ1) is 18.2. The van der Waals surface area contributed by atoms with E-state index in [1.165, 1.54) is 0 Å². The number of fused-ring (bicyclic) bond motifs is 1. The summed E-state index contributed by atoms with van der Waals surface area (Å²) in [6, 6.07) is 0. The van der Waals surface area contributed by atoms with Gasteiger partial charge in [-0.05, 0) is 27.7 Å². The van der Waals surface area contributed by atoms with Gasteiger partial charge in [-0.1, -0.05) is 12.2 Å². The standard InChI is InChI=1S/C20H28N4O3/c1-6-23-10-9-21-14(23)11-22(5)17(25)15-13-7-8-20(27-13)12-24(19(2,3)4)18(26)16(15)20/h7-10,13,15-16H,6,11-12H2,1-5H3/t13-,15+,16+,20-/m0/s1. The zero-order valence-electron chi connectivity index (χ0n) is 16.7. The summed E-state index contributed by atoms with van der Waals surface area (Å²) in [7, 11) is 1.78. The lowest BCUT2D eigenvalue weighted by Crippen LogP contribution is -2.47. The fourth-order valence-electron chi connectivity index (χ4n) is 4.67. The summed E-state index contributed by atoms with van der Waals surface area (Å²) in [6.45, 7) is 9.85. The highest BCUT2D eigenvalue weighted by molar-refractivity contribution is 5.93. The average molecular weight is 372 g/mol. The van der Waals surface area contributed by atoms with Crippen LogP contribution < -0.4 is 0 Å². The van der Waals surface area contributed by atoms with Gasteiger partial charge in [-0.2, -0.15) is 0 Å². The van der Waals surface area contributed by atoms with Crippen molar-refractivity contribution in [3.63, 3.8) is 0 Å². The second-order valence-electron chi connectivity index (χ2n) is 8.82. The second kappa shape index (κ2) is 5.92. The number of aryl methyl sites for hydroxylation is 1. The Morgan fingerprint density at radius 3 is 2.85 bits per heavy atom. The third-order valence-electron chi connectivity index (χ3n) is 6.09. The van der Waals surface area contributed by atoms with E-state index in [0.717, 1.165) is 12.4 Å². The van der Waals surface area contributed by atoms with Crippen LogP contribution in [0.3, 0.4) is 0 Å². The highest BCUT2D eigenvalue weighted by atomic mass is 16.5. The number of rotatable bonds is 4. The van der Waals surface area contributed by atoms with Gasteiger partial charge in [0.2, 0.25) is 11.8 Å². The fourth-order valence-corrected chi connectivity index (χ4v) is 4.67. The first-order valence-corrected chi connectivity index (χ1v) is 9.61. The molecule has 4 atom stereocenters. The fraction of sp³-hybridized carbons (Fsp3) is 0.650. The normalized spacial score (nSPS) is 31.7. The molecule has 7 heteroatoms. The maximum Gasteiger partial charge on any atom is 0.230 e. The maximum atomic E-state index is 13.3. The van der Waals surface area contributed by atoms with Crippen LogP contribution in [0.4, 0.5) is 0 Å². The molecule has 0 radical (unpaired) electrons. The van der Waals surface area contributed by atoms with Gasteiger partial charge in [-0.25, -0.2) is 4.98 Å². The number of amides is 2. The summed E-state index contributed by atoms with van der Waals surface area (Å²) < 4.78 is 8.22. The number of ether oxygens (including phenoxy) is 1. The van der Waals surface area contributed by atoms with E-state index in [4.69, 9.17) is 4.74 Å². The minimum Gasteiger partial charge on any atom is -0.360 e. The Kier molecular flexibility index (Phi) is 4.00. The number of imidazole rings is 1. The van der Waals surface area contributed by atoms with Crippen molar-refractivity contribution >= 4 is 11.8 Å². The molecule has 4 heterocycles. The Balaban J connectivity index is 1.58. The number of hydrogen-bond acceptors (Lipinski definition) is 4. The van der Waals surface area contributed by atoms with E-state index >= 15 is 0 Å². The van der Waals surface area contributed by atoms with Crippen molar-refractivity contribution in [2.24, 2.45) is 11.8 Å². The first-order chi connectivity index (χ1) is 12.7. The first-order valence-electron chi connectivity index (χ1n) is 9.61. The van der Waals surface area contributed by atoms with Gasteiger partial charge in [-0.3, -0.25) is 9.59 Å². The lowest BCUT2D eigenvalue weighted by Gasteiger charge is -2.34. The second-order valence-corrected chi connectivity index (χ2v) is 8.82. The van der Waals surface area contributed by atoms with Crippen molar-refractivity contribution in [3.8, 4) is 0 Å². The number of carbonyl (C=O) groups is 2. The van der Waals surface area contributed by atoms with Crippen LogP contribution in [0, 0.1) is 11.8 Å². The SMILES string of the molecule is CCn1ccnc1CN(C)C(=O)[C@@H]1[C@@H]2C=C[C@@]3(CN(C(C)(C)C)C(=O)[C@@H]13)O2. The van der Waals surface area contributed by atoms with E-state index in [-0.39, 0.29) is 23.5 Å². The van der Waals surface area contributed by atoms with Crippen molar-refractivity contribution in [2.45, 2.75) is 58.0 Å². The zero-order valence-corrected chi connectivity index (χ0v) is 16.7. The van der Waals surface area contributed by atoms with Crippen molar-refractivity contribution < 1.29 is 14.3 Å². The Morgan fingerprint density at radius 1 is 1.44 bits per heavy atom. The summed E-state index contributed by atoms with van der Waals surface area (Å²) in [4.78, 5) is 34.4. The van der Waals surface area contributed by atoms with Crippen LogP contribution in [0.25, 0.3) is 0 Å². The predicted molar refractivity (Wildman–Crippen MR) is 99.6 cm³/mol. The molecule has 0 aromatic carbocycles. The number of likely N-dealkylation sites (tertiary alicyclic amines) is 1. The lowest BCUT2D eigenvalue weighted by molar-refractivity contribution is -0.144. The largest absolute Gasteiger partial charge is 0.360 e. The number of hydrogen-bond donors (Lipinski definition) is 0. The molecule has 27 heavy (non-hydrogen) atoms. The summed E-state index contributed by atoms with van der Waals surface area (Å²) >= 11 is 0. The summed E-state index contributed by atoms with van der Waals surface area (Å²) in [6.07, 6.45) is 7.30. The van der Waals surface area contributed by atoms with Gasteiger partial charge in [0.25, 0.3) is 0 Å². The molecule has 1 spiro atoms. The van der Waals surface area contributed by atoms with E-state index in [9.17, 15) is 9.59 Å². The van der Waals surface area contributed by atoms with Gasteiger partial charge in [-0.15, -0.1) is 0 Å². The van der Waals surface area contributed by atoms with Crippen LogP contribution in [-0.4, -0.2) is 62.0 Å². The van der Waals surface area contributed by atoms with Crippen molar-refractivity contribution in [1.29, 1.82) is 0 Å². The molecule has 0 saturated carbocycles. The van der Waals surface area contributed by atoms with Crippen molar-refractivity contribution in [1.82, 2.24) is 19.4 Å². The molecule has 3 aliphatic heterocycles. The predicted octanol–water partition coefficient (Wildman–Crippen LogP) is 1.44. The van der Waals surface area contributed by atoms with Crippen LogP contribution in [-0.2, 0) is 27.4 Å². The molecule has 7 nitrogen and oxygen atoms in total. The monoisotopic (exact) mass is 372 g/mol. The Labute approximate surface area is 160 Å². The van der Waals surface area contributed by atoms with E-state index < -0.39 is 17.4 Å². The minimum atomic E-state index is -0.655. The van der Waals surface area contributed by atoms with E-state index in [1.807, 2.05) is 55.5 Å². The zero-order chi connectivity index (χ0) is 19.6. The van der Waals surface area contributed by atoms with Crippen LogP contribution in [0.5, 0.6) is 0 Å². The third kappa shape index (κ3) is 2.63. The molecule has 0 aliphatic carbocycles. The third-order valence-corrected chi connectivity index (χ3v) is 6.09. The van der Waals surface area contributed by atoms with Gasteiger partial charge < -0.3 is 19.1 Å². The molecule has 0 N–H and O–H groups in total. The van der Waals surface area contributed by atoms with Crippen LogP contribution in [0.15, 0.2) is 24.5 Å². The van der Waals surface area contributed by atoms with Gasteiger partial charge in [0.15, 0.2) is 0 Å². The molecule has 2 saturated heterocycles. The molecular weight excluding hydrogens is 344 g/mol. The smallest absolute Gasteiger partial charge is 0.230 e. The molecule has 2 fully saturated rings. The lowest BCUT2D eigenvalue weighted by atomic mass is 9.76. The minimum absolute atomic E-state index is 0.0242. The van der Waals surface area contributed by atoms with E-state index in [1.54, 1.807) is 18.1 Å².